The first-order valence-electron chi connectivity index (χ1n) is 6.22. The highest BCUT2D eigenvalue weighted by atomic mass is 35.5. The molecule has 1 N–H and O–H groups in total. The van der Waals surface area contributed by atoms with Gasteiger partial charge in [0.2, 0.25) is 5.95 Å². The summed E-state index contributed by atoms with van der Waals surface area (Å²) >= 11 is 6.18. The monoisotopic (exact) mass is 294 g/mol. The average molecular weight is 295 g/mol. The van der Waals surface area contributed by atoms with Crippen LogP contribution in [0.3, 0.4) is 0 Å². The Morgan fingerprint density at radius 1 is 1.35 bits per heavy atom. The lowest BCUT2D eigenvalue weighted by molar-refractivity contribution is 0.596. The van der Waals surface area contributed by atoms with Crippen LogP contribution in [-0.2, 0) is 0 Å². The second kappa shape index (κ2) is 6.05. The van der Waals surface area contributed by atoms with Crippen LogP contribution in [-0.4, -0.2) is 24.1 Å². The van der Waals surface area contributed by atoms with E-state index >= 15 is 0 Å². The third kappa shape index (κ3) is 2.82. The number of nitrogens with one attached hydrogen (secondary N) is 1. The summed E-state index contributed by atoms with van der Waals surface area (Å²) in [5, 5.41) is 3.45. The van der Waals surface area contributed by atoms with E-state index in [1.807, 2.05) is 31.2 Å². The fraction of sp³-hybridized carbons (Fsp3) is 0.286. The summed E-state index contributed by atoms with van der Waals surface area (Å²) in [5.74, 6) is 0.141. The molecule has 0 aliphatic heterocycles. The van der Waals surface area contributed by atoms with E-state index in [1.54, 1.807) is 19.0 Å². The highest BCUT2D eigenvalue weighted by Gasteiger charge is 2.19. The summed E-state index contributed by atoms with van der Waals surface area (Å²) in [4.78, 5) is 9.73. The standard InChI is InChI=1S/C14H16ClFN4/c1-9(10-6-4-5-7-11(10)15)20(3)13-12(16)8-18-14(17-2)19-13/h4-9H,1-3H3,(H,17,18,19). The Morgan fingerprint density at radius 3 is 2.70 bits per heavy atom. The maximum absolute atomic E-state index is 13.9. The first-order valence-corrected chi connectivity index (χ1v) is 6.60. The Kier molecular flexibility index (Phi) is 4.39. The SMILES string of the molecule is CNc1ncc(F)c(N(C)C(C)c2ccccc2Cl)n1. The normalized spacial score (nSPS) is 12.1. The van der Waals surface area contributed by atoms with Gasteiger partial charge in [-0.3, -0.25) is 0 Å². The van der Waals surface area contributed by atoms with Gasteiger partial charge < -0.3 is 10.2 Å². The molecule has 1 aromatic carbocycles. The lowest BCUT2D eigenvalue weighted by atomic mass is 10.1. The van der Waals surface area contributed by atoms with Crippen molar-refractivity contribution in [1.82, 2.24) is 9.97 Å². The van der Waals surface area contributed by atoms with Gasteiger partial charge in [0.05, 0.1) is 12.2 Å². The molecular formula is C14H16ClFN4. The molecule has 0 aliphatic rings. The molecular weight excluding hydrogens is 279 g/mol. The molecule has 0 aliphatic carbocycles. The minimum Gasteiger partial charge on any atom is -0.357 e. The van der Waals surface area contributed by atoms with Crippen LogP contribution in [0.5, 0.6) is 0 Å². The van der Waals surface area contributed by atoms with Gasteiger partial charge in [-0.15, -0.1) is 0 Å². The molecule has 1 aromatic heterocycles. The van der Waals surface area contributed by atoms with E-state index in [0.29, 0.717) is 11.0 Å². The van der Waals surface area contributed by atoms with Crippen LogP contribution >= 0.6 is 11.6 Å². The minimum atomic E-state index is -0.467. The molecule has 0 saturated heterocycles. The molecule has 2 aromatic rings. The summed E-state index contributed by atoms with van der Waals surface area (Å²) < 4.78 is 13.9. The number of hydrogen-bond acceptors (Lipinski definition) is 4. The number of rotatable bonds is 4. The number of nitrogens with zero attached hydrogens (tertiary/aromatic N) is 3. The summed E-state index contributed by atoms with van der Waals surface area (Å²) in [6.45, 7) is 1.95. The summed E-state index contributed by atoms with van der Waals surface area (Å²) in [5.41, 5.74) is 0.917. The van der Waals surface area contributed by atoms with Crippen molar-refractivity contribution in [1.29, 1.82) is 0 Å². The molecule has 0 amide bonds. The van der Waals surface area contributed by atoms with Crippen LogP contribution in [0.4, 0.5) is 16.2 Å². The molecule has 4 nitrogen and oxygen atoms in total. The van der Waals surface area contributed by atoms with Crippen molar-refractivity contribution in [3.8, 4) is 0 Å². The fourth-order valence-corrected chi connectivity index (χ4v) is 2.23. The molecule has 20 heavy (non-hydrogen) atoms. The Bertz CT molecular complexity index is 605. The van der Waals surface area contributed by atoms with E-state index in [-0.39, 0.29) is 11.9 Å². The van der Waals surface area contributed by atoms with Gasteiger partial charge in [0.15, 0.2) is 11.6 Å². The van der Waals surface area contributed by atoms with Crippen LogP contribution in [0, 0.1) is 5.82 Å². The zero-order valence-corrected chi connectivity index (χ0v) is 12.3. The molecule has 0 spiro atoms. The van der Waals surface area contributed by atoms with E-state index < -0.39 is 5.82 Å². The first-order chi connectivity index (χ1) is 9.54. The van der Waals surface area contributed by atoms with Gasteiger partial charge in [0.25, 0.3) is 0 Å². The molecule has 106 valence electrons. The number of halogens is 2. The second-order valence-corrected chi connectivity index (χ2v) is 4.83. The van der Waals surface area contributed by atoms with E-state index in [4.69, 9.17) is 11.6 Å². The molecule has 2 rings (SSSR count). The second-order valence-electron chi connectivity index (χ2n) is 4.42. The third-order valence-corrected chi connectivity index (χ3v) is 3.56. The third-order valence-electron chi connectivity index (χ3n) is 3.22. The molecule has 1 unspecified atom stereocenters. The van der Waals surface area contributed by atoms with E-state index in [1.165, 1.54) is 0 Å². The number of benzene rings is 1. The Morgan fingerprint density at radius 2 is 2.05 bits per heavy atom. The van der Waals surface area contributed by atoms with Crippen molar-refractivity contribution in [2.45, 2.75) is 13.0 Å². The molecule has 0 radical (unpaired) electrons. The van der Waals surface area contributed by atoms with Gasteiger partial charge in [0, 0.05) is 19.1 Å². The molecule has 0 saturated carbocycles. The molecule has 1 heterocycles. The highest BCUT2D eigenvalue weighted by molar-refractivity contribution is 6.31. The van der Waals surface area contributed by atoms with Crippen LogP contribution < -0.4 is 10.2 Å². The number of aromatic nitrogens is 2. The van der Waals surface area contributed by atoms with Gasteiger partial charge in [-0.1, -0.05) is 29.8 Å². The average Bonchev–Trinajstić information content (AvgIpc) is 2.47. The topological polar surface area (TPSA) is 41.1 Å². The van der Waals surface area contributed by atoms with Crippen molar-refractivity contribution in [2.75, 3.05) is 24.3 Å². The molecule has 0 fully saturated rings. The number of anilines is 2. The van der Waals surface area contributed by atoms with Crippen molar-refractivity contribution < 1.29 is 4.39 Å². The molecule has 6 heteroatoms. The Balaban J connectivity index is 2.36. The zero-order chi connectivity index (χ0) is 14.7. The Hall–Kier alpha value is -1.88. The lowest BCUT2D eigenvalue weighted by Crippen LogP contribution is -2.24. The maximum Gasteiger partial charge on any atom is 0.224 e. The maximum atomic E-state index is 13.9. The molecule has 1 atom stereocenters. The van der Waals surface area contributed by atoms with Crippen molar-refractivity contribution >= 4 is 23.4 Å². The molecule has 0 bridgehead atoms. The van der Waals surface area contributed by atoms with Crippen LogP contribution in [0.15, 0.2) is 30.5 Å². The highest BCUT2D eigenvalue weighted by Crippen LogP contribution is 2.30. The summed E-state index contributed by atoms with van der Waals surface area (Å²) in [6.07, 6.45) is 1.16. The summed E-state index contributed by atoms with van der Waals surface area (Å²) in [7, 11) is 3.47. The van der Waals surface area contributed by atoms with Gasteiger partial charge in [-0.2, -0.15) is 4.98 Å². The van der Waals surface area contributed by atoms with E-state index in [0.717, 1.165) is 11.8 Å². The summed E-state index contributed by atoms with van der Waals surface area (Å²) in [6, 6.07) is 7.39. The van der Waals surface area contributed by atoms with Crippen molar-refractivity contribution in [3.05, 3.63) is 46.9 Å². The number of hydrogen-bond donors (Lipinski definition) is 1. The van der Waals surface area contributed by atoms with Crippen molar-refractivity contribution in [2.24, 2.45) is 0 Å². The van der Waals surface area contributed by atoms with Gasteiger partial charge in [-0.25, -0.2) is 9.37 Å². The van der Waals surface area contributed by atoms with E-state index in [2.05, 4.69) is 15.3 Å². The zero-order valence-electron chi connectivity index (χ0n) is 11.6. The lowest BCUT2D eigenvalue weighted by Gasteiger charge is -2.27. The van der Waals surface area contributed by atoms with E-state index in [9.17, 15) is 4.39 Å². The quantitative estimate of drug-likeness (QED) is 0.937. The van der Waals surface area contributed by atoms with Gasteiger partial charge >= 0.3 is 0 Å². The van der Waals surface area contributed by atoms with Crippen LogP contribution in [0.25, 0.3) is 0 Å². The predicted molar refractivity (Wildman–Crippen MR) is 79.8 cm³/mol. The van der Waals surface area contributed by atoms with Gasteiger partial charge in [-0.05, 0) is 18.6 Å². The van der Waals surface area contributed by atoms with Crippen LogP contribution in [0.2, 0.25) is 5.02 Å². The first kappa shape index (κ1) is 14.5. The van der Waals surface area contributed by atoms with Crippen LogP contribution in [0.1, 0.15) is 18.5 Å². The van der Waals surface area contributed by atoms with Gasteiger partial charge in [0.1, 0.15) is 0 Å². The fourth-order valence-electron chi connectivity index (χ4n) is 1.93. The van der Waals surface area contributed by atoms with Crippen molar-refractivity contribution in [3.63, 3.8) is 0 Å². The minimum absolute atomic E-state index is 0.113. The predicted octanol–water partition coefficient (Wildman–Crippen LogP) is 3.51. The smallest absolute Gasteiger partial charge is 0.224 e. The largest absolute Gasteiger partial charge is 0.357 e. The Labute approximate surface area is 122 Å².